The first kappa shape index (κ1) is 17.5. The number of hydrogen-bond acceptors (Lipinski definition) is 2. The lowest BCUT2D eigenvalue weighted by Crippen LogP contribution is -2.27. The number of carbonyl (C=O) groups is 1. The third-order valence-electron chi connectivity index (χ3n) is 5.28. The van der Waals surface area contributed by atoms with Crippen LogP contribution in [0.5, 0.6) is 0 Å². The summed E-state index contributed by atoms with van der Waals surface area (Å²) in [4.78, 5) is 14.4. The van der Waals surface area contributed by atoms with E-state index in [1.165, 1.54) is 16.7 Å². The molecule has 3 nitrogen and oxygen atoms in total. The van der Waals surface area contributed by atoms with Crippen LogP contribution in [-0.2, 0) is 24.3 Å². The van der Waals surface area contributed by atoms with E-state index in [-0.39, 0.29) is 11.9 Å². The van der Waals surface area contributed by atoms with Crippen molar-refractivity contribution in [3.05, 3.63) is 101 Å². The summed E-state index contributed by atoms with van der Waals surface area (Å²) in [6.07, 6.45) is 0.473. The van der Waals surface area contributed by atoms with Crippen molar-refractivity contribution >= 4 is 11.6 Å². The number of benzene rings is 3. The molecule has 3 aromatic carbocycles. The van der Waals surface area contributed by atoms with Gasteiger partial charge in [0.25, 0.3) is 0 Å². The number of amides is 1. The Balaban J connectivity index is 1.66. The summed E-state index contributed by atoms with van der Waals surface area (Å²) >= 11 is 0. The maximum absolute atomic E-state index is 11.9. The van der Waals surface area contributed by atoms with Gasteiger partial charge in [0, 0.05) is 24.8 Å². The highest BCUT2D eigenvalue weighted by molar-refractivity contribution is 5.99. The molecule has 1 heterocycles. The monoisotopic (exact) mass is 356 g/mol. The van der Waals surface area contributed by atoms with Crippen molar-refractivity contribution in [3.63, 3.8) is 0 Å². The molecule has 0 fully saturated rings. The van der Waals surface area contributed by atoms with Crippen LogP contribution < -0.4 is 5.32 Å². The Morgan fingerprint density at radius 1 is 0.852 bits per heavy atom. The van der Waals surface area contributed by atoms with Gasteiger partial charge in [-0.25, -0.2) is 0 Å². The van der Waals surface area contributed by atoms with Crippen LogP contribution in [0.25, 0.3) is 0 Å². The molecule has 136 valence electrons. The van der Waals surface area contributed by atoms with E-state index in [0.717, 1.165) is 24.3 Å². The summed E-state index contributed by atoms with van der Waals surface area (Å²) in [7, 11) is 0. The van der Waals surface area contributed by atoms with E-state index in [0.29, 0.717) is 6.42 Å². The Hall–Kier alpha value is -2.91. The lowest BCUT2D eigenvalue weighted by Gasteiger charge is -2.31. The van der Waals surface area contributed by atoms with Crippen LogP contribution in [0.2, 0.25) is 0 Å². The van der Waals surface area contributed by atoms with Crippen molar-refractivity contribution < 1.29 is 4.79 Å². The van der Waals surface area contributed by atoms with E-state index in [1.807, 2.05) is 12.1 Å². The molecule has 1 atom stereocenters. The number of nitrogens with one attached hydrogen (secondary N) is 1. The van der Waals surface area contributed by atoms with Crippen molar-refractivity contribution in [1.82, 2.24) is 4.90 Å². The minimum atomic E-state index is 0.0855. The van der Waals surface area contributed by atoms with Gasteiger partial charge in [-0.1, -0.05) is 72.8 Å². The van der Waals surface area contributed by atoms with Crippen molar-refractivity contribution in [1.29, 1.82) is 0 Å². The van der Waals surface area contributed by atoms with E-state index in [1.54, 1.807) is 0 Å². The van der Waals surface area contributed by atoms with Crippen molar-refractivity contribution in [2.24, 2.45) is 0 Å². The minimum Gasteiger partial charge on any atom is -0.326 e. The number of rotatable bonds is 6. The zero-order chi connectivity index (χ0) is 18.6. The smallest absolute Gasteiger partial charge is 0.228 e. The van der Waals surface area contributed by atoms with Crippen LogP contribution in [-0.4, -0.2) is 10.8 Å². The van der Waals surface area contributed by atoms with Gasteiger partial charge < -0.3 is 5.32 Å². The van der Waals surface area contributed by atoms with E-state index in [4.69, 9.17) is 0 Å². The fourth-order valence-electron chi connectivity index (χ4n) is 3.83. The lowest BCUT2D eigenvalue weighted by molar-refractivity contribution is -0.115. The topological polar surface area (TPSA) is 32.3 Å². The van der Waals surface area contributed by atoms with Gasteiger partial charge in [0.15, 0.2) is 0 Å². The van der Waals surface area contributed by atoms with Gasteiger partial charge in [-0.05, 0) is 35.2 Å². The summed E-state index contributed by atoms with van der Waals surface area (Å²) in [5.74, 6) is 0.0855. The second-order valence-electron chi connectivity index (χ2n) is 7.15. The molecule has 0 spiro atoms. The highest BCUT2D eigenvalue weighted by atomic mass is 16.1. The first-order valence-electron chi connectivity index (χ1n) is 9.44. The summed E-state index contributed by atoms with van der Waals surface area (Å²) in [6, 6.07) is 27.5. The van der Waals surface area contributed by atoms with Crippen LogP contribution in [0.15, 0.2) is 78.9 Å². The maximum atomic E-state index is 11.9. The largest absolute Gasteiger partial charge is 0.326 e. The quantitative estimate of drug-likeness (QED) is 0.678. The predicted octanol–water partition coefficient (Wildman–Crippen LogP) is 4.94. The van der Waals surface area contributed by atoms with E-state index in [9.17, 15) is 4.79 Å². The molecule has 1 aliphatic rings. The van der Waals surface area contributed by atoms with E-state index >= 15 is 0 Å². The van der Waals surface area contributed by atoms with Crippen molar-refractivity contribution in [2.75, 3.05) is 5.32 Å². The SMILES string of the molecule is CC(c1cccc2c1CC(=O)N2)N(Cc1ccccc1)Cc1ccccc1. The first-order chi connectivity index (χ1) is 13.2. The number of carbonyl (C=O) groups excluding carboxylic acids is 1. The molecule has 0 radical (unpaired) electrons. The first-order valence-corrected chi connectivity index (χ1v) is 9.44. The highest BCUT2D eigenvalue weighted by Crippen LogP contribution is 2.34. The summed E-state index contributed by atoms with van der Waals surface area (Å²) in [6.45, 7) is 3.97. The number of fused-ring (bicyclic) bond motifs is 1. The van der Waals surface area contributed by atoms with Crippen LogP contribution in [0.1, 0.15) is 35.2 Å². The number of nitrogens with zero attached hydrogens (tertiary/aromatic N) is 1. The van der Waals surface area contributed by atoms with Crippen LogP contribution in [0, 0.1) is 0 Å². The molecule has 3 aromatic rings. The molecule has 27 heavy (non-hydrogen) atoms. The zero-order valence-electron chi connectivity index (χ0n) is 15.6. The van der Waals surface area contributed by atoms with Crippen molar-refractivity contribution in [3.8, 4) is 0 Å². The van der Waals surface area contributed by atoms with Crippen LogP contribution in [0.4, 0.5) is 5.69 Å². The molecule has 1 N–H and O–H groups in total. The van der Waals surface area contributed by atoms with Gasteiger partial charge in [0.2, 0.25) is 5.91 Å². The molecule has 0 saturated carbocycles. The number of anilines is 1. The molecule has 0 aromatic heterocycles. The van der Waals surface area contributed by atoms with Crippen molar-refractivity contribution in [2.45, 2.75) is 32.5 Å². The van der Waals surface area contributed by atoms with Crippen LogP contribution >= 0.6 is 0 Å². The van der Waals surface area contributed by atoms with Gasteiger partial charge in [-0.3, -0.25) is 9.69 Å². The Morgan fingerprint density at radius 3 is 2.04 bits per heavy atom. The molecular formula is C24H24N2O. The second kappa shape index (κ2) is 7.77. The molecule has 0 aliphatic carbocycles. The minimum absolute atomic E-state index is 0.0855. The average Bonchev–Trinajstić information content (AvgIpc) is 3.09. The summed E-state index contributed by atoms with van der Waals surface area (Å²) in [5, 5.41) is 2.97. The molecule has 1 amide bonds. The fourth-order valence-corrected chi connectivity index (χ4v) is 3.83. The summed E-state index contributed by atoms with van der Waals surface area (Å²) in [5.41, 5.74) is 5.92. The third-order valence-corrected chi connectivity index (χ3v) is 5.28. The van der Waals surface area contributed by atoms with Crippen LogP contribution in [0.3, 0.4) is 0 Å². The third kappa shape index (κ3) is 3.93. The standard InChI is InChI=1S/C24H24N2O/c1-18(21-13-8-14-23-22(21)15-24(27)25-23)26(16-19-9-4-2-5-10-19)17-20-11-6-3-7-12-20/h2-14,18H,15-17H2,1H3,(H,25,27). The molecule has 4 rings (SSSR count). The van der Waals surface area contributed by atoms with Gasteiger partial charge in [0.1, 0.15) is 0 Å². The van der Waals surface area contributed by atoms with Gasteiger partial charge in [-0.2, -0.15) is 0 Å². The highest BCUT2D eigenvalue weighted by Gasteiger charge is 2.25. The Labute approximate surface area is 160 Å². The normalized spacial score (nSPS) is 14.1. The van der Waals surface area contributed by atoms with Gasteiger partial charge >= 0.3 is 0 Å². The molecule has 3 heteroatoms. The average molecular weight is 356 g/mol. The van der Waals surface area contributed by atoms with Gasteiger partial charge in [-0.15, -0.1) is 0 Å². The number of hydrogen-bond donors (Lipinski definition) is 1. The molecule has 0 saturated heterocycles. The zero-order valence-corrected chi connectivity index (χ0v) is 15.6. The Kier molecular flexibility index (Phi) is 5.03. The molecule has 1 aliphatic heterocycles. The Bertz CT molecular complexity index is 880. The van der Waals surface area contributed by atoms with Gasteiger partial charge in [0.05, 0.1) is 6.42 Å². The van der Waals surface area contributed by atoms with E-state index < -0.39 is 0 Å². The Morgan fingerprint density at radius 2 is 1.44 bits per heavy atom. The van der Waals surface area contributed by atoms with E-state index in [2.05, 4.69) is 83.9 Å². The predicted molar refractivity (Wildman–Crippen MR) is 109 cm³/mol. The second-order valence-corrected chi connectivity index (χ2v) is 7.15. The molecule has 0 bridgehead atoms. The molecular weight excluding hydrogens is 332 g/mol. The lowest BCUT2D eigenvalue weighted by atomic mass is 9.97. The summed E-state index contributed by atoms with van der Waals surface area (Å²) < 4.78 is 0. The maximum Gasteiger partial charge on any atom is 0.228 e. The molecule has 1 unspecified atom stereocenters. The fraction of sp³-hybridized carbons (Fsp3) is 0.208.